The molecule has 0 aromatic heterocycles. The van der Waals surface area contributed by atoms with Gasteiger partial charge in [0, 0.05) is 16.8 Å². The van der Waals surface area contributed by atoms with Crippen LogP contribution < -0.4 is 4.90 Å². The summed E-state index contributed by atoms with van der Waals surface area (Å²) in [5.41, 5.74) is 5.77. The monoisotopic (exact) mass is 771 g/mol. The summed E-state index contributed by atoms with van der Waals surface area (Å²) in [6.45, 7) is 0. The Morgan fingerprint density at radius 2 is 0.508 bits per heavy atom. The molecule has 0 N–H and O–H groups in total. The first-order chi connectivity index (χ1) is 30.3. The Kier molecular flexibility index (Phi) is 7.37. The average Bonchev–Trinajstić information content (AvgIpc) is 3.34. The van der Waals surface area contributed by atoms with Crippen molar-refractivity contribution in [2.45, 2.75) is 0 Å². The van der Waals surface area contributed by atoms with Crippen LogP contribution in [0.3, 0.4) is 0 Å². The van der Waals surface area contributed by atoms with Crippen molar-refractivity contribution in [3.63, 3.8) is 0 Å². The van der Waals surface area contributed by atoms with Crippen LogP contribution in [0.1, 0.15) is 0 Å². The quantitative estimate of drug-likeness (QED) is 0.161. The lowest BCUT2D eigenvalue weighted by molar-refractivity contribution is 1.31. The number of fused-ring (bicyclic) bond motifs is 18. The van der Waals surface area contributed by atoms with Gasteiger partial charge in [-0.15, -0.1) is 0 Å². The molecule has 0 unspecified atom stereocenters. The average molecular weight is 772 g/mol. The summed E-state index contributed by atoms with van der Waals surface area (Å²) in [7, 11) is 0. The Morgan fingerprint density at radius 1 is 0.197 bits per heavy atom. The standard InChI is InChI=1S/C60H37N/c1-3-18-46-42(14-1)44-16-6-9-23-51(44)57-36-39(30-34-53(46)57)38-28-31-40(32-29-38)61(41-33-35-54-47-19-4-2-15-43(47)45-17-7-10-24-52(45)58(54)37-41)59-27-13-26-56-50-21-8-5-20-48(50)49-22-11-12-25-55(49)60(56)59/h1-37H. The van der Waals surface area contributed by atoms with E-state index in [4.69, 9.17) is 0 Å². The van der Waals surface area contributed by atoms with Crippen LogP contribution in [0.4, 0.5) is 17.1 Å². The number of rotatable bonds is 4. The van der Waals surface area contributed by atoms with E-state index in [1.807, 2.05) is 0 Å². The first-order valence-corrected chi connectivity index (χ1v) is 21.2. The fraction of sp³-hybridized carbons (Fsp3) is 0. The summed E-state index contributed by atoms with van der Waals surface area (Å²) in [6, 6.07) is 83.2. The van der Waals surface area contributed by atoms with E-state index in [1.165, 1.54) is 108 Å². The lowest BCUT2D eigenvalue weighted by Crippen LogP contribution is -2.10. The molecule has 0 spiro atoms. The van der Waals surface area contributed by atoms with Gasteiger partial charge in [-0.1, -0.05) is 188 Å². The molecule has 0 aliphatic heterocycles. The number of benzene rings is 13. The van der Waals surface area contributed by atoms with Gasteiger partial charge in [-0.3, -0.25) is 0 Å². The van der Waals surface area contributed by atoms with E-state index < -0.39 is 0 Å². The van der Waals surface area contributed by atoms with Gasteiger partial charge in [-0.05, 0) is 139 Å². The molecule has 0 aliphatic carbocycles. The minimum Gasteiger partial charge on any atom is -0.310 e. The Bertz CT molecular complexity index is 3820. The van der Waals surface area contributed by atoms with Crippen LogP contribution in [0, 0.1) is 0 Å². The van der Waals surface area contributed by atoms with Crippen LogP contribution in [0.15, 0.2) is 224 Å². The van der Waals surface area contributed by atoms with Gasteiger partial charge in [0.25, 0.3) is 0 Å². The maximum Gasteiger partial charge on any atom is 0.0546 e. The van der Waals surface area contributed by atoms with Gasteiger partial charge in [0.05, 0.1) is 5.69 Å². The van der Waals surface area contributed by atoms with Gasteiger partial charge in [0.15, 0.2) is 0 Å². The highest BCUT2D eigenvalue weighted by molar-refractivity contribution is 6.30. The van der Waals surface area contributed by atoms with Crippen LogP contribution in [0.2, 0.25) is 0 Å². The van der Waals surface area contributed by atoms with E-state index in [0.29, 0.717) is 0 Å². The van der Waals surface area contributed by atoms with Crippen LogP contribution in [0.25, 0.3) is 108 Å². The third-order valence-electron chi connectivity index (χ3n) is 13.2. The third kappa shape index (κ3) is 5.08. The molecule has 0 bridgehead atoms. The molecule has 1 nitrogen and oxygen atoms in total. The maximum absolute atomic E-state index is 2.48. The van der Waals surface area contributed by atoms with Crippen molar-refractivity contribution in [2.75, 3.05) is 4.90 Å². The minimum atomic E-state index is 1.11. The van der Waals surface area contributed by atoms with E-state index in [9.17, 15) is 0 Å². The predicted molar refractivity (Wildman–Crippen MR) is 264 cm³/mol. The number of hydrogen-bond donors (Lipinski definition) is 0. The minimum absolute atomic E-state index is 1.11. The fourth-order valence-corrected chi connectivity index (χ4v) is 10.5. The molecular formula is C60H37N. The Hall–Kier alpha value is -8.00. The van der Waals surface area contributed by atoms with Crippen molar-refractivity contribution in [2.24, 2.45) is 0 Å². The highest BCUT2D eigenvalue weighted by atomic mass is 15.1. The highest BCUT2D eigenvalue weighted by Gasteiger charge is 2.21. The smallest absolute Gasteiger partial charge is 0.0546 e. The summed E-state index contributed by atoms with van der Waals surface area (Å²) >= 11 is 0. The van der Waals surface area contributed by atoms with Crippen molar-refractivity contribution < 1.29 is 0 Å². The summed E-state index contributed by atoms with van der Waals surface area (Å²) in [5, 5.41) is 22.9. The maximum atomic E-state index is 2.48. The molecule has 0 fully saturated rings. The lowest BCUT2D eigenvalue weighted by atomic mass is 9.91. The zero-order valence-corrected chi connectivity index (χ0v) is 33.3. The molecule has 61 heavy (non-hydrogen) atoms. The summed E-state index contributed by atoms with van der Waals surface area (Å²) in [6.07, 6.45) is 0. The van der Waals surface area contributed by atoms with E-state index in [0.717, 1.165) is 17.1 Å². The van der Waals surface area contributed by atoms with Crippen molar-refractivity contribution in [1.29, 1.82) is 0 Å². The largest absolute Gasteiger partial charge is 0.310 e. The van der Waals surface area contributed by atoms with E-state index in [2.05, 4.69) is 229 Å². The molecule has 1 heteroatoms. The zero-order chi connectivity index (χ0) is 40.0. The van der Waals surface area contributed by atoms with E-state index in [-0.39, 0.29) is 0 Å². The summed E-state index contributed by atoms with van der Waals surface area (Å²) in [5.74, 6) is 0. The molecule has 0 saturated heterocycles. The first kappa shape index (κ1) is 33.9. The van der Waals surface area contributed by atoms with Gasteiger partial charge in [0.2, 0.25) is 0 Å². The molecule has 13 rings (SSSR count). The molecule has 13 aromatic carbocycles. The zero-order valence-electron chi connectivity index (χ0n) is 33.3. The molecule has 0 radical (unpaired) electrons. The van der Waals surface area contributed by atoms with Crippen LogP contribution >= 0.6 is 0 Å². The molecular weight excluding hydrogens is 735 g/mol. The first-order valence-electron chi connectivity index (χ1n) is 21.2. The van der Waals surface area contributed by atoms with Crippen molar-refractivity contribution in [3.8, 4) is 11.1 Å². The van der Waals surface area contributed by atoms with Crippen LogP contribution in [-0.2, 0) is 0 Å². The van der Waals surface area contributed by atoms with E-state index >= 15 is 0 Å². The second-order valence-corrected chi connectivity index (χ2v) is 16.3. The number of nitrogens with zero attached hydrogens (tertiary/aromatic N) is 1. The third-order valence-corrected chi connectivity index (χ3v) is 13.2. The number of hydrogen-bond acceptors (Lipinski definition) is 1. The van der Waals surface area contributed by atoms with Gasteiger partial charge >= 0.3 is 0 Å². The Labute approximate surface area is 352 Å². The predicted octanol–water partition coefficient (Wildman–Crippen LogP) is 17.2. The molecule has 282 valence electrons. The summed E-state index contributed by atoms with van der Waals surface area (Å²) in [4.78, 5) is 2.48. The Morgan fingerprint density at radius 3 is 0.967 bits per heavy atom. The molecule has 0 aliphatic rings. The molecule has 0 amide bonds. The topological polar surface area (TPSA) is 3.24 Å². The van der Waals surface area contributed by atoms with Crippen LogP contribution in [-0.4, -0.2) is 0 Å². The number of anilines is 3. The molecule has 0 atom stereocenters. The van der Waals surface area contributed by atoms with E-state index in [1.54, 1.807) is 0 Å². The van der Waals surface area contributed by atoms with Crippen molar-refractivity contribution >= 4 is 114 Å². The highest BCUT2D eigenvalue weighted by Crippen LogP contribution is 2.47. The summed E-state index contributed by atoms with van der Waals surface area (Å²) < 4.78 is 0. The van der Waals surface area contributed by atoms with Crippen molar-refractivity contribution in [1.82, 2.24) is 0 Å². The van der Waals surface area contributed by atoms with Crippen LogP contribution in [0.5, 0.6) is 0 Å². The van der Waals surface area contributed by atoms with Gasteiger partial charge in [-0.2, -0.15) is 0 Å². The lowest BCUT2D eigenvalue weighted by Gasteiger charge is -2.28. The second kappa shape index (κ2) is 13.3. The molecule has 0 heterocycles. The van der Waals surface area contributed by atoms with Gasteiger partial charge in [-0.25, -0.2) is 0 Å². The Balaban J connectivity index is 1.06. The van der Waals surface area contributed by atoms with Gasteiger partial charge < -0.3 is 4.90 Å². The second-order valence-electron chi connectivity index (χ2n) is 16.3. The van der Waals surface area contributed by atoms with Crippen molar-refractivity contribution in [3.05, 3.63) is 224 Å². The fourth-order valence-electron chi connectivity index (χ4n) is 10.5. The molecule has 13 aromatic rings. The molecule has 0 saturated carbocycles. The normalized spacial score (nSPS) is 11.9. The van der Waals surface area contributed by atoms with Gasteiger partial charge in [0.1, 0.15) is 0 Å². The SMILES string of the molecule is c1ccc2c(c1)c1ccccc1c1cc(-c3ccc(N(c4ccc5c6ccccc6c6ccccc6c5c4)c4cccc5c6ccccc6c6ccccc6c45)cc3)ccc21.